The van der Waals surface area contributed by atoms with Crippen LogP contribution in [0.2, 0.25) is 0 Å². The Kier molecular flexibility index (Phi) is 3.01. The molecule has 1 aliphatic heterocycles. The smallest absolute Gasteiger partial charge is 0.317 e. The molecule has 1 unspecified atom stereocenters. The van der Waals surface area contributed by atoms with E-state index in [1.807, 2.05) is 24.3 Å². The molecule has 23 heavy (non-hydrogen) atoms. The second kappa shape index (κ2) is 5.06. The van der Waals surface area contributed by atoms with Gasteiger partial charge in [-0.25, -0.2) is 4.79 Å². The van der Waals surface area contributed by atoms with Gasteiger partial charge in [0.15, 0.2) is 0 Å². The first-order valence-electron chi connectivity index (χ1n) is 7.53. The molecule has 0 bridgehead atoms. The van der Waals surface area contributed by atoms with Gasteiger partial charge >= 0.3 is 6.03 Å². The fourth-order valence-corrected chi connectivity index (χ4v) is 3.27. The maximum absolute atomic E-state index is 12.8. The minimum atomic E-state index is -0.564. The van der Waals surface area contributed by atoms with Crippen LogP contribution in [0.3, 0.4) is 0 Å². The summed E-state index contributed by atoms with van der Waals surface area (Å²) in [5, 5.41) is 11.3. The Bertz CT molecular complexity index is 844. The van der Waals surface area contributed by atoms with Crippen LogP contribution in [0.1, 0.15) is 12.8 Å². The van der Waals surface area contributed by atoms with Crippen LogP contribution >= 0.6 is 0 Å². The van der Waals surface area contributed by atoms with Crippen LogP contribution in [-0.4, -0.2) is 40.3 Å². The summed E-state index contributed by atoms with van der Waals surface area (Å²) in [5.74, 6) is 0.168. The topological polar surface area (TPSA) is 77.3 Å². The van der Waals surface area contributed by atoms with Crippen molar-refractivity contribution in [1.82, 2.24) is 9.88 Å². The van der Waals surface area contributed by atoms with Crippen molar-refractivity contribution < 1.29 is 9.59 Å². The van der Waals surface area contributed by atoms with Crippen LogP contribution in [-0.2, 0) is 4.79 Å². The molecule has 0 radical (unpaired) electrons. The van der Waals surface area contributed by atoms with E-state index in [2.05, 4.69) is 11.1 Å². The lowest BCUT2D eigenvalue weighted by Crippen LogP contribution is -2.47. The molecule has 1 atom stereocenters. The number of nitriles is 1. The summed E-state index contributed by atoms with van der Waals surface area (Å²) < 4.78 is 0. The zero-order chi connectivity index (χ0) is 16.0. The first kappa shape index (κ1) is 13.7. The van der Waals surface area contributed by atoms with Crippen LogP contribution in [0.5, 0.6) is 0 Å². The predicted octanol–water partition coefficient (Wildman–Crippen LogP) is 2.10. The summed E-state index contributed by atoms with van der Waals surface area (Å²) in [5.41, 5.74) is 0.646. The lowest BCUT2D eigenvalue weighted by molar-refractivity contribution is -0.126. The molecule has 1 saturated carbocycles. The van der Waals surface area contributed by atoms with Crippen molar-refractivity contribution in [2.24, 2.45) is 0 Å². The lowest BCUT2D eigenvalue weighted by atomic mass is 9.90. The number of benzene rings is 1. The van der Waals surface area contributed by atoms with Crippen molar-refractivity contribution in [2.75, 3.05) is 11.4 Å². The quantitative estimate of drug-likeness (QED) is 0.851. The number of rotatable bonds is 2. The van der Waals surface area contributed by atoms with E-state index in [1.54, 1.807) is 17.3 Å². The van der Waals surface area contributed by atoms with Crippen LogP contribution < -0.4 is 4.90 Å². The molecule has 2 amide bonds. The summed E-state index contributed by atoms with van der Waals surface area (Å²) >= 11 is 0. The van der Waals surface area contributed by atoms with E-state index in [0.717, 1.165) is 10.8 Å². The largest absolute Gasteiger partial charge is 0.326 e. The number of amides is 2. The number of hydrogen-bond donors (Lipinski definition) is 0. The van der Waals surface area contributed by atoms with Crippen molar-refractivity contribution in [3.05, 3.63) is 36.7 Å². The maximum atomic E-state index is 12.8. The van der Waals surface area contributed by atoms with Gasteiger partial charge in [0.05, 0.1) is 24.5 Å². The number of carbonyl (C=O) groups is 2. The van der Waals surface area contributed by atoms with E-state index in [-0.39, 0.29) is 17.9 Å². The van der Waals surface area contributed by atoms with Crippen molar-refractivity contribution in [3.8, 4) is 6.07 Å². The van der Waals surface area contributed by atoms with Gasteiger partial charge in [0.25, 0.3) is 0 Å². The monoisotopic (exact) mass is 306 g/mol. The van der Waals surface area contributed by atoms with Crippen LogP contribution in [0.25, 0.3) is 10.8 Å². The summed E-state index contributed by atoms with van der Waals surface area (Å²) in [6, 6.07) is 9.01. The van der Waals surface area contributed by atoms with E-state index in [4.69, 9.17) is 0 Å². The van der Waals surface area contributed by atoms with Crippen molar-refractivity contribution >= 4 is 28.3 Å². The normalized spacial score (nSPS) is 21.6. The van der Waals surface area contributed by atoms with Gasteiger partial charge in [0.2, 0.25) is 0 Å². The van der Waals surface area contributed by atoms with Crippen LogP contribution in [0.15, 0.2) is 36.7 Å². The third kappa shape index (κ3) is 2.05. The first-order chi connectivity index (χ1) is 11.2. The first-order valence-corrected chi connectivity index (χ1v) is 7.53. The fraction of sp³-hybridized carbons (Fsp3) is 0.294. The zero-order valence-electron chi connectivity index (χ0n) is 12.3. The van der Waals surface area contributed by atoms with Gasteiger partial charge in [-0.3, -0.25) is 14.7 Å². The highest BCUT2D eigenvalue weighted by Crippen LogP contribution is 2.34. The molecular weight excluding hydrogens is 292 g/mol. The minimum absolute atomic E-state index is 0.0706. The van der Waals surface area contributed by atoms with Gasteiger partial charge in [-0.2, -0.15) is 5.26 Å². The van der Waals surface area contributed by atoms with Crippen molar-refractivity contribution in [2.45, 2.75) is 24.9 Å². The number of anilines is 1. The minimum Gasteiger partial charge on any atom is -0.317 e. The van der Waals surface area contributed by atoms with Crippen LogP contribution in [0, 0.1) is 11.3 Å². The second-order valence-corrected chi connectivity index (χ2v) is 5.93. The molecule has 2 aliphatic rings. The predicted molar refractivity (Wildman–Crippen MR) is 83.8 cm³/mol. The molecule has 1 aromatic heterocycles. The maximum Gasteiger partial charge on any atom is 0.326 e. The Morgan fingerprint density at radius 1 is 1.17 bits per heavy atom. The van der Waals surface area contributed by atoms with E-state index < -0.39 is 6.04 Å². The second-order valence-electron chi connectivity index (χ2n) is 5.93. The van der Waals surface area contributed by atoms with Gasteiger partial charge in [-0.05, 0) is 0 Å². The molecule has 1 aliphatic carbocycles. The third-order valence-corrected chi connectivity index (χ3v) is 4.56. The highest BCUT2D eigenvalue weighted by molar-refractivity contribution is 6.05. The highest BCUT2D eigenvalue weighted by Gasteiger charge is 2.45. The number of hydrogen-bond acceptors (Lipinski definition) is 4. The highest BCUT2D eigenvalue weighted by atomic mass is 16.2. The molecule has 0 spiro atoms. The fourth-order valence-electron chi connectivity index (χ4n) is 3.27. The van der Waals surface area contributed by atoms with E-state index >= 15 is 0 Å². The Morgan fingerprint density at radius 2 is 1.96 bits per heavy atom. The average molecular weight is 306 g/mol. The zero-order valence-corrected chi connectivity index (χ0v) is 12.3. The number of urea groups is 1. The number of carbonyl (C=O) groups excluding carboxylic acids is 2. The van der Waals surface area contributed by atoms with Gasteiger partial charge in [-0.1, -0.05) is 24.3 Å². The molecule has 2 aromatic rings. The summed E-state index contributed by atoms with van der Waals surface area (Å²) in [6.45, 7) is 0.330. The number of aromatic nitrogens is 1. The van der Waals surface area contributed by atoms with Gasteiger partial charge in [0, 0.05) is 35.9 Å². The third-order valence-electron chi connectivity index (χ3n) is 4.56. The van der Waals surface area contributed by atoms with E-state index in [1.165, 1.54) is 4.90 Å². The van der Waals surface area contributed by atoms with Crippen LogP contribution in [0.4, 0.5) is 10.5 Å². The summed E-state index contributed by atoms with van der Waals surface area (Å²) in [7, 11) is 0. The van der Waals surface area contributed by atoms with Crippen molar-refractivity contribution in [3.63, 3.8) is 0 Å². The number of pyridine rings is 1. The molecule has 1 aromatic carbocycles. The molecule has 2 fully saturated rings. The lowest BCUT2D eigenvalue weighted by Gasteiger charge is -2.32. The molecule has 6 nitrogen and oxygen atoms in total. The Balaban J connectivity index is 1.75. The van der Waals surface area contributed by atoms with Crippen molar-refractivity contribution in [1.29, 1.82) is 5.26 Å². The molecule has 2 heterocycles. The summed E-state index contributed by atoms with van der Waals surface area (Å²) in [4.78, 5) is 31.4. The SMILES string of the molecule is N#CC1CN(C2CC(=O)C2)C(=O)N1c1cncc2ccccc12. The Labute approximate surface area is 132 Å². The average Bonchev–Trinajstić information content (AvgIpc) is 2.87. The number of fused-ring (bicyclic) bond motifs is 1. The molecule has 6 heteroatoms. The van der Waals surface area contributed by atoms with Gasteiger partial charge < -0.3 is 4.90 Å². The molecule has 1 saturated heterocycles. The van der Waals surface area contributed by atoms with Gasteiger partial charge in [-0.15, -0.1) is 0 Å². The standard InChI is InChI=1S/C17H14N4O2/c18-7-13-10-20(12-5-14(22)6-12)17(23)21(13)16-9-19-8-11-3-1-2-4-15(11)16/h1-4,8-9,12-13H,5-6,10H2. The molecule has 0 N–H and O–H groups in total. The molecule has 114 valence electrons. The number of Topliss-reactive ketones (excluding diaryl/α,β-unsaturated/α-hetero) is 1. The number of nitrogens with zero attached hydrogens (tertiary/aromatic N) is 4. The van der Waals surface area contributed by atoms with Gasteiger partial charge in [0.1, 0.15) is 11.8 Å². The van der Waals surface area contributed by atoms with E-state index in [9.17, 15) is 14.9 Å². The Morgan fingerprint density at radius 3 is 2.70 bits per heavy atom. The summed E-state index contributed by atoms with van der Waals surface area (Å²) in [6.07, 6.45) is 4.15. The molecule has 4 rings (SSSR count). The van der Waals surface area contributed by atoms with E-state index in [0.29, 0.717) is 25.1 Å². The number of ketones is 1. The molecular formula is C17H14N4O2. The Hall–Kier alpha value is -2.94.